The van der Waals surface area contributed by atoms with E-state index >= 15 is 0 Å². The summed E-state index contributed by atoms with van der Waals surface area (Å²) in [7, 11) is 0. The molecule has 2 atom stereocenters. The van der Waals surface area contributed by atoms with Gasteiger partial charge in [-0.2, -0.15) is 5.26 Å². The molecule has 2 heterocycles. The third-order valence-corrected chi connectivity index (χ3v) is 3.71. The second-order valence-electron chi connectivity index (χ2n) is 4.83. The molecule has 0 aliphatic carbocycles. The molecule has 1 amide bonds. The number of fused-ring (bicyclic) bond motifs is 2. The maximum atomic E-state index is 12.5. The number of benzene rings is 1. The van der Waals surface area contributed by atoms with Gasteiger partial charge in [0, 0.05) is 5.56 Å². The van der Waals surface area contributed by atoms with Gasteiger partial charge in [0.2, 0.25) is 0 Å². The van der Waals surface area contributed by atoms with E-state index in [4.69, 9.17) is 10.00 Å². The molecule has 92 valence electrons. The van der Waals surface area contributed by atoms with Gasteiger partial charge in [0.25, 0.3) is 5.91 Å². The maximum Gasteiger partial charge on any atom is 0.254 e. The summed E-state index contributed by atoms with van der Waals surface area (Å²) >= 11 is 0. The van der Waals surface area contributed by atoms with E-state index in [9.17, 15) is 4.79 Å². The lowest BCUT2D eigenvalue weighted by Crippen LogP contribution is -2.49. The molecule has 4 nitrogen and oxygen atoms in total. The molecule has 0 N–H and O–H groups in total. The standard InChI is InChI=1S/C14H14N2O2/c15-7-10-2-1-3-11(6-10)14(17)16-12-4-5-13(16)9-18-8-12/h1-3,6,12-13H,4-5,8-9H2. The summed E-state index contributed by atoms with van der Waals surface area (Å²) in [6, 6.07) is 9.40. The van der Waals surface area contributed by atoms with Crippen molar-refractivity contribution in [3.63, 3.8) is 0 Å². The molecule has 4 heteroatoms. The van der Waals surface area contributed by atoms with E-state index in [1.807, 2.05) is 4.90 Å². The Balaban J connectivity index is 1.88. The van der Waals surface area contributed by atoms with Crippen molar-refractivity contribution >= 4 is 5.91 Å². The number of nitrogens with zero attached hydrogens (tertiary/aromatic N) is 2. The third-order valence-electron chi connectivity index (χ3n) is 3.71. The van der Waals surface area contributed by atoms with Gasteiger partial charge >= 0.3 is 0 Å². The van der Waals surface area contributed by atoms with E-state index in [1.54, 1.807) is 24.3 Å². The first-order valence-electron chi connectivity index (χ1n) is 6.20. The van der Waals surface area contributed by atoms with Crippen LogP contribution in [0.25, 0.3) is 0 Å². The fraction of sp³-hybridized carbons (Fsp3) is 0.429. The van der Waals surface area contributed by atoms with Crippen LogP contribution in [0.15, 0.2) is 24.3 Å². The van der Waals surface area contributed by atoms with Crippen molar-refractivity contribution in [3.8, 4) is 6.07 Å². The van der Waals surface area contributed by atoms with Crippen LogP contribution in [0.1, 0.15) is 28.8 Å². The average molecular weight is 242 g/mol. The lowest BCUT2D eigenvalue weighted by atomic mass is 10.1. The first-order chi connectivity index (χ1) is 8.79. The Morgan fingerprint density at radius 1 is 1.33 bits per heavy atom. The van der Waals surface area contributed by atoms with Crippen molar-refractivity contribution in [2.24, 2.45) is 0 Å². The highest BCUT2D eigenvalue weighted by molar-refractivity contribution is 5.95. The van der Waals surface area contributed by atoms with Gasteiger partial charge in [-0.25, -0.2) is 0 Å². The zero-order valence-electron chi connectivity index (χ0n) is 10.0. The van der Waals surface area contributed by atoms with Gasteiger partial charge in [-0.3, -0.25) is 4.79 Å². The Kier molecular flexibility index (Phi) is 2.77. The van der Waals surface area contributed by atoms with Gasteiger partial charge in [0.1, 0.15) is 0 Å². The predicted molar refractivity (Wildman–Crippen MR) is 65.0 cm³/mol. The molecule has 2 saturated heterocycles. The Hall–Kier alpha value is -1.86. The second kappa shape index (κ2) is 4.43. The Morgan fingerprint density at radius 2 is 2.06 bits per heavy atom. The molecule has 0 radical (unpaired) electrons. The fourth-order valence-electron chi connectivity index (χ4n) is 2.83. The number of amides is 1. The van der Waals surface area contributed by atoms with Gasteiger partial charge in [-0.1, -0.05) is 6.07 Å². The Morgan fingerprint density at radius 3 is 2.72 bits per heavy atom. The lowest BCUT2D eigenvalue weighted by Gasteiger charge is -2.34. The molecule has 0 aromatic heterocycles. The zero-order valence-corrected chi connectivity index (χ0v) is 10.0. The van der Waals surface area contributed by atoms with Crippen molar-refractivity contribution in [1.29, 1.82) is 5.26 Å². The monoisotopic (exact) mass is 242 g/mol. The van der Waals surface area contributed by atoms with E-state index in [0.717, 1.165) is 12.8 Å². The average Bonchev–Trinajstić information content (AvgIpc) is 2.67. The van der Waals surface area contributed by atoms with Crippen LogP contribution in [0.5, 0.6) is 0 Å². The second-order valence-corrected chi connectivity index (χ2v) is 4.83. The summed E-state index contributed by atoms with van der Waals surface area (Å²) in [4.78, 5) is 14.4. The summed E-state index contributed by atoms with van der Waals surface area (Å²) < 4.78 is 5.47. The SMILES string of the molecule is N#Cc1cccc(C(=O)N2C3CCC2COC3)c1. The topological polar surface area (TPSA) is 53.3 Å². The highest BCUT2D eigenvalue weighted by atomic mass is 16.5. The molecule has 0 saturated carbocycles. The molecule has 2 aliphatic heterocycles. The molecule has 18 heavy (non-hydrogen) atoms. The van der Waals surface area contributed by atoms with Crippen LogP contribution < -0.4 is 0 Å². The first-order valence-corrected chi connectivity index (χ1v) is 6.20. The van der Waals surface area contributed by atoms with Crippen molar-refractivity contribution in [2.75, 3.05) is 13.2 Å². The van der Waals surface area contributed by atoms with Gasteiger partial charge < -0.3 is 9.64 Å². The van der Waals surface area contributed by atoms with Crippen LogP contribution in [0.2, 0.25) is 0 Å². The van der Waals surface area contributed by atoms with E-state index in [0.29, 0.717) is 24.3 Å². The van der Waals surface area contributed by atoms with Crippen molar-refractivity contribution in [2.45, 2.75) is 24.9 Å². The van der Waals surface area contributed by atoms with Gasteiger partial charge in [0.15, 0.2) is 0 Å². The summed E-state index contributed by atoms with van der Waals surface area (Å²) in [5, 5.41) is 8.88. The van der Waals surface area contributed by atoms with Crippen molar-refractivity contribution < 1.29 is 9.53 Å². The number of hydrogen-bond acceptors (Lipinski definition) is 3. The summed E-state index contributed by atoms with van der Waals surface area (Å²) in [5.41, 5.74) is 1.13. The first kappa shape index (κ1) is 11.2. The van der Waals surface area contributed by atoms with Crippen LogP contribution in [0.4, 0.5) is 0 Å². The predicted octanol–water partition coefficient (Wildman–Crippen LogP) is 1.56. The number of morpholine rings is 1. The molecule has 2 bridgehead atoms. The van der Waals surface area contributed by atoms with Gasteiger partial charge in [-0.15, -0.1) is 0 Å². The summed E-state index contributed by atoms with van der Waals surface area (Å²) in [6.07, 6.45) is 2.04. The molecule has 1 aromatic rings. The van der Waals surface area contributed by atoms with Crippen molar-refractivity contribution in [3.05, 3.63) is 35.4 Å². The Bertz CT molecular complexity index is 505. The van der Waals surface area contributed by atoms with Crippen LogP contribution >= 0.6 is 0 Å². The number of ether oxygens (including phenoxy) is 1. The van der Waals surface area contributed by atoms with Crippen LogP contribution in [-0.4, -0.2) is 36.1 Å². The molecule has 2 aliphatic rings. The summed E-state index contributed by atoms with van der Waals surface area (Å²) in [5.74, 6) is 0.0305. The normalized spacial score (nSPS) is 25.8. The molecule has 3 rings (SSSR count). The Labute approximate surface area is 106 Å². The minimum atomic E-state index is 0.0305. The van der Waals surface area contributed by atoms with Crippen molar-refractivity contribution in [1.82, 2.24) is 4.90 Å². The van der Waals surface area contributed by atoms with Crippen LogP contribution in [-0.2, 0) is 4.74 Å². The third kappa shape index (κ3) is 1.77. The highest BCUT2D eigenvalue weighted by Crippen LogP contribution is 2.30. The molecule has 0 spiro atoms. The molecular formula is C14H14N2O2. The molecule has 2 unspecified atom stereocenters. The largest absolute Gasteiger partial charge is 0.377 e. The van der Waals surface area contributed by atoms with Gasteiger partial charge in [0.05, 0.1) is 36.9 Å². The molecule has 1 aromatic carbocycles. The minimum Gasteiger partial charge on any atom is -0.377 e. The van der Waals surface area contributed by atoms with E-state index in [1.165, 1.54) is 0 Å². The fourth-order valence-corrected chi connectivity index (χ4v) is 2.83. The highest BCUT2D eigenvalue weighted by Gasteiger charge is 2.40. The molecular weight excluding hydrogens is 228 g/mol. The quantitative estimate of drug-likeness (QED) is 0.751. The lowest BCUT2D eigenvalue weighted by molar-refractivity contribution is -0.00715. The number of carbonyl (C=O) groups is 1. The smallest absolute Gasteiger partial charge is 0.254 e. The molecule has 2 fully saturated rings. The van der Waals surface area contributed by atoms with Crippen LogP contribution in [0.3, 0.4) is 0 Å². The van der Waals surface area contributed by atoms with E-state index in [-0.39, 0.29) is 18.0 Å². The van der Waals surface area contributed by atoms with E-state index in [2.05, 4.69) is 6.07 Å². The number of nitriles is 1. The minimum absolute atomic E-state index is 0.0305. The number of rotatable bonds is 1. The summed E-state index contributed by atoms with van der Waals surface area (Å²) in [6.45, 7) is 1.28. The zero-order chi connectivity index (χ0) is 12.5. The number of carbonyl (C=O) groups excluding carboxylic acids is 1. The van der Waals surface area contributed by atoms with E-state index < -0.39 is 0 Å². The van der Waals surface area contributed by atoms with Gasteiger partial charge in [-0.05, 0) is 31.0 Å². The number of hydrogen-bond donors (Lipinski definition) is 0. The van der Waals surface area contributed by atoms with Crippen LogP contribution in [0, 0.1) is 11.3 Å². The maximum absolute atomic E-state index is 12.5.